The maximum atomic E-state index is 11.3. The molecule has 3 N–H and O–H groups in total. The van der Waals surface area contributed by atoms with E-state index in [0.29, 0.717) is 12.3 Å². The molecule has 2 amide bonds. The van der Waals surface area contributed by atoms with Gasteiger partial charge < -0.3 is 15.8 Å². The van der Waals surface area contributed by atoms with Crippen LogP contribution in [-0.4, -0.2) is 25.0 Å². The molecule has 0 radical (unpaired) electrons. The summed E-state index contributed by atoms with van der Waals surface area (Å²) in [5.41, 5.74) is 5.46. The molecule has 0 spiro atoms. The van der Waals surface area contributed by atoms with Crippen molar-refractivity contribution in [2.24, 2.45) is 5.73 Å². The number of benzene rings is 1. The fraction of sp³-hybridized carbons (Fsp3) is 0.333. The average molecular weight is 236 g/mol. The van der Waals surface area contributed by atoms with Gasteiger partial charge in [-0.3, -0.25) is 9.59 Å². The van der Waals surface area contributed by atoms with Crippen LogP contribution in [0.25, 0.3) is 0 Å². The summed E-state index contributed by atoms with van der Waals surface area (Å²) in [7, 11) is 0. The molecule has 92 valence electrons. The molecule has 0 bridgehead atoms. The van der Waals surface area contributed by atoms with Crippen molar-refractivity contribution in [2.75, 3.05) is 13.2 Å². The number of carbonyl (C=O) groups excluding carboxylic acids is 2. The van der Waals surface area contributed by atoms with Crippen LogP contribution in [0.5, 0.6) is 5.75 Å². The Labute approximate surface area is 99.9 Å². The highest BCUT2D eigenvalue weighted by atomic mass is 16.5. The van der Waals surface area contributed by atoms with Crippen molar-refractivity contribution in [3.63, 3.8) is 0 Å². The lowest BCUT2D eigenvalue weighted by molar-refractivity contribution is -0.123. The van der Waals surface area contributed by atoms with Crippen LogP contribution in [-0.2, 0) is 4.79 Å². The zero-order valence-electron chi connectivity index (χ0n) is 9.73. The first kappa shape index (κ1) is 13.0. The summed E-state index contributed by atoms with van der Waals surface area (Å²) < 4.78 is 5.24. The van der Waals surface area contributed by atoms with Gasteiger partial charge in [0.05, 0.1) is 5.56 Å². The van der Waals surface area contributed by atoms with Crippen molar-refractivity contribution in [3.8, 4) is 5.75 Å². The number of primary amides is 1. The lowest BCUT2D eigenvalue weighted by atomic mass is 10.2. The van der Waals surface area contributed by atoms with E-state index in [0.717, 1.165) is 6.42 Å². The van der Waals surface area contributed by atoms with Gasteiger partial charge in [0, 0.05) is 6.54 Å². The zero-order valence-corrected chi connectivity index (χ0v) is 9.73. The molecular weight excluding hydrogens is 220 g/mol. The van der Waals surface area contributed by atoms with Crippen LogP contribution in [0.2, 0.25) is 0 Å². The molecule has 0 fully saturated rings. The summed E-state index contributed by atoms with van der Waals surface area (Å²) in [5.74, 6) is -0.465. The quantitative estimate of drug-likeness (QED) is 0.762. The van der Waals surface area contributed by atoms with Crippen molar-refractivity contribution in [1.82, 2.24) is 5.32 Å². The summed E-state index contributed by atoms with van der Waals surface area (Å²) in [5, 5.41) is 2.67. The summed E-state index contributed by atoms with van der Waals surface area (Å²) in [6.07, 6.45) is 0.865. The van der Waals surface area contributed by atoms with Crippen molar-refractivity contribution in [1.29, 1.82) is 0 Å². The summed E-state index contributed by atoms with van der Waals surface area (Å²) in [6.45, 7) is 2.45. The Bertz CT molecular complexity index is 404. The van der Waals surface area contributed by atoms with Crippen LogP contribution < -0.4 is 15.8 Å². The first-order valence-electron chi connectivity index (χ1n) is 5.43. The molecule has 0 unspecified atom stereocenters. The molecule has 0 aliphatic carbocycles. The molecule has 1 aromatic rings. The monoisotopic (exact) mass is 236 g/mol. The molecule has 0 aliphatic rings. The van der Waals surface area contributed by atoms with Crippen LogP contribution in [0.4, 0.5) is 0 Å². The van der Waals surface area contributed by atoms with E-state index >= 15 is 0 Å². The van der Waals surface area contributed by atoms with Gasteiger partial charge in [-0.1, -0.05) is 19.1 Å². The minimum Gasteiger partial charge on any atom is -0.483 e. The summed E-state index contributed by atoms with van der Waals surface area (Å²) in [4.78, 5) is 22.4. The van der Waals surface area contributed by atoms with Crippen LogP contribution in [0.3, 0.4) is 0 Å². The topological polar surface area (TPSA) is 81.4 Å². The minimum absolute atomic E-state index is 0.121. The number of rotatable bonds is 6. The SMILES string of the molecule is CCCNC(=O)COc1ccccc1C(N)=O. The Morgan fingerprint density at radius 2 is 2.06 bits per heavy atom. The van der Waals surface area contributed by atoms with Gasteiger partial charge in [-0.15, -0.1) is 0 Å². The van der Waals surface area contributed by atoms with Crippen LogP contribution in [0.15, 0.2) is 24.3 Å². The number of hydrogen-bond donors (Lipinski definition) is 2. The normalized spacial score (nSPS) is 9.71. The highest BCUT2D eigenvalue weighted by Crippen LogP contribution is 2.16. The molecule has 0 aliphatic heterocycles. The van der Waals surface area contributed by atoms with E-state index in [2.05, 4.69) is 5.32 Å². The third-order valence-corrected chi connectivity index (χ3v) is 2.08. The molecule has 17 heavy (non-hydrogen) atoms. The first-order valence-corrected chi connectivity index (χ1v) is 5.43. The number of nitrogens with one attached hydrogen (secondary N) is 1. The Kier molecular flexibility index (Phi) is 5.00. The average Bonchev–Trinajstić information content (AvgIpc) is 2.34. The maximum absolute atomic E-state index is 11.3. The van der Waals surface area contributed by atoms with Gasteiger partial charge in [0.2, 0.25) is 0 Å². The van der Waals surface area contributed by atoms with Gasteiger partial charge >= 0.3 is 0 Å². The third-order valence-electron chi connectivity index (χ3n) is 2.08. The number of amides is 2. The molecule has 0 atom stereocenters. The van der Waals surface area contributed by atoms with Crippen molar-refractivity contribution >= 4 is 11.8 Å². The van der Waals surface area contributed by atoms with Crippen molar-refractivity contribution in [3.05, 3.63) is 29.8 Å². The molecule has 0 aromatic heterocycles. The zero-order chi connectivity index (χ0) is 12.7. The van der Waals surface area contributed by atoms with Crippen LogP contribution >= 0.6 is 0 Å². The first-order chi connectivity index (χ1) is 8.15. The lowest BCUT2D eigenvalue weighted by Crippen LogP contribution is -2.29. The Morgan fingerprint density at radius 1 is 1.35 bits per heavy atom. The van der Waals surface area contributed by atoms with E-state index in [1.54, 1.807) is 24.3 Å². The molecule has 1 aromatic carbocycles. The van der Waals surface area contributed by atoms with E-state index in [9.17, 15) is 9.59 Å². The van der Waals surface area contributed by atoms with E-state index < -0.39 is 5.91 Å². The number of nitrogens with two attached hydrogens (primary N) is 1. The molecule has 1 rings (SSSR count). The van der Waals surface area contributed by atoms with Crippen molar-refractivity contribution in [2.45, 2.75) is 13.3 Å². The van der Waals surface area contributed by atoms with E-state index in [1.807, 2.05) is 6.92 Å². The van der Waals surface area contributed by atoms with E-state index in [4.69, 9.17) is 10.5 Å². The van der Waals surface area contributed by atoms with Crippen LogP contribution in [0.1, 0.15) is 23.7 Å². The second-order valence-electron chi connectivity index (χ2n) is 3.50. The fourth-order valence-corrected chi connectivity index (χ4v) is 1.25. The highest BCUT2D eigenvalue weighted by molar-refractivity contribution is 5.95. The maximum Gasteiger partial charge on any atom is 0.257 e. The Morgan fingerprint density at radius 3 is 2.71 bits per heavy atom. The second kappa shape index (κ2) is 6.52. The van der Waals surface area contributed by atoms with Gasteiger partial charge in [0.1, 0.15) is 5.75 Å². The molecule has 5 nitrogen and oxygen atoms in total. The Balaban J connectivity index is 2.57. The minimum atomic E-state index is -0.574. The second-order valence-corrected chi connectivity index (χ2v) is 3.50. The number of hydrogen-bond acceptors (Lipinski definition) is 3. The van der Waals surface area contributed by atoms with Gasteiger partial charge in [-0.25, -0.2) is 0 Å². The van der Waals surface area contributed by atoms with Gasteiger partial charge in [-0.2, -0.15) is 0 Å². The molecule has 0 heterocycles. The molecule has 0 saturated heterocycles. The Hall–Kier alpha value is -2.04. The van der Waals surface area contributed by atoms with Gasteiger partial charge in [0.15, 0.2) is 6.61 Å². The fourth-order valence-electron chi connectivity index (χ4n) is 1.25. The van der Waals surface area contributed by atoms with Crippen LogP contribution in [0, 0.1) is 0 Å². The molecular formula is C12H16N2O3. The van der Waals surface area contributed by atoms with E-state index in [-0.39, 0.29) is 18.1 Å². The smallest absolute Gasteiger partial charge is 0.257 e. The predicted molar refractivity (Wildman–Crippen MR) is 63.8 cm³/mol. The summed E-state index contributed by atoms with van der Waals surface area (Å²) >= 11 is 0. The third kappa shape index (κ3) is 4.14. The lowest BCUT2D eigenvalue weighted by Gasteiger charge is -2.09. The number of carbonyl (C=O) groups is 2. The van der Waals surface area contributed by atoms with Crippen molar-refractivity contribution < 1.29 is 14.3 Å². The largest absolute Gasteiger partial charge is 0.483 e. The standard InChI is InChI=1S/C12H16N2O3/c1-2-7-14-11(15)8-17-10-6-4-3-5-9(10)12(13)16/h3-6H,2,7-8H2,1H3,(H2,13,16)(H,14,15). The van der Waals surface area contributed by atoms with Gasteiger partial charge in [-0.05, 0) is 18.6 Å². The summed E-state index contributed by atoms with van der Waals surface area (Å²) in [6, 6.07) is 6.56. The molecule has 0 saturated carbocycles. The number of para-hydroxylation sites is 1. The predicted octanol–water partition coefficient (Wildman–Crippen LogP) is 0.691. The number of ether oxygens (including phenoxy) is 1. The van der Waals surface area contributed by atoms with E-state index in [1.165, 1.54) is 0 Å². The van der Waals surface area contributed by atoms with Gasteiger partial charge in [0.25, 0.3) is 11.8 Å². The highest BCUT2D eigenvalue weighted by Gasteiger charge is 2.09. The molecule has 5 heteroatoms.